The summed E-state index contributed by atoms with van der Waals surface area (Å²) >= 11 is 0. The topological polar surface area (TPSA) is 60.8 Å². The van der Waals surface area contributed by atoms with Gasteiger partial charge in [0.2, 0.25) is 0 Å². The maximum atomic E-state index is 5.34. The first-order chi connectivity index (χ1) is 11.8. The zero-order chi connectivity index (χ0) is 16.1. The van der Waals surface area contributed by atoms with Crippen molar-refractivity contribution in [3.8, 4) is 5.75 Å². The van der Waals surface area contributed by atoms with Crippen LogP contribution in [-0.4, -0.2) is 27.0 Å². The van der Waals surface area contributed by atoms with E-state index in [1.807, 2.05) is 42.5 Å². The smallest absolute Gasteiger partial charge is 0.137 e. The van der Waals surface area contributed by atoms with Crippen LogP contribution < -0.4 is 4.74 Å². The van der Waals surface area contributed by atoms with Crippen molar-refractivity contribution in [3.05, 3.63) is 54.9 Å². The Balaban J connectivity index is 2.11. The van der Waals surface area contributed by atoms with Crippen LogP contribution in [0.2, 0.25) is 0 Å². The van der Waals surface area contributed by atoms with Crippen molar-refractivity contribution in [3.63, 3.8) is 0 Å². The number of fused-ring (bicyclic) bond motifs is 7. The molecule has 0 spiro atoms. The zero-order valence-electron chi connectivity index (χ0n) is 12.9. The molecule has 0 amide bonds. The molecule has 5 nitrogen and oxygen atoms in total. The lowest BCUT2D eigenvalue weighted by Crippen LogP contribution is -1.94. The monoisotopic (exact) mass is 312 g/mol. The third-order valence-electron chi connectivity index (χ3n) is 4.21. The quantitative estimate of drug-likeness (QED) is 0.347. The van der Waals surface area contributed by atoms with E-state index in [4.69, 9.17) is 14.7 Å². The van der Waals surface area contributed by atoms with Crippen LogP contribution in [0, 0.1) is 0 Å². The molecule has 2 aromatic carbocycles. The van der Waals surface area contributed by atoms with Crippen molar-refractivity contribution in [2.24, 2.45) is 0 Å². The van der Waals surface area contributed by atoms with Crippen molar-refractivity contribution in [1.82, 2.24) is 19.9 Å². The third kappa shape index (κ3) is 1.75. The van der Waals surface area contributed by atoms with Crippen molar-refractivity contribution >= 4 is 43.9 Å². The number of para-hydroxylation sites is 2. The summed E-state index contributed by atoms with van der Waals surface area (Å²) in [5.41, 5.74) is 5.01. The van der Waals surface area contributed by atoms with Gasteiger partial charge in [0.05, 0.1) is 46.4 Å². The van der Waals surface area contributed by atoms with Crippen LogP contribution in [-0.2, 0) is 0 Å². The van der Waals surface area contributed by atoms with E-state index in [-0.39, 0.29) is 0 Å². The highest BCUT2D eigenvalue weighted by molar-refractivity contribution is 6.21. The lowest BCUT2D eigenvalue weighted by Gasteiger charge is -2.09. The minimum Gasteiger partial charge on any atom is -0.495 e. The number of hydrogen-bond acceptors (Lipinski definition) is 5. The molecule has 0 atom stereocenters. The van der Waals surface area contributed by atoms with E-state index >= 15 is 0 Å². The molecule has 24 heavy (non-hydrogen) atoms. The minimum atomic E-state index is 0.689. The van der Waals surface area contributed by atoms with E-state index in [2.05, 4.69) is 9.97 Å². The number of benzene rings is 2. The van der Waals surface area contributed by atoms with Gasteiger partial charge in [0.1, 0.15) is 5.75 Å². The first kappa shape index (κ1) is 13.1. The Morgan fingerprint density at radius 3 is 2.21 bits per heavy atom. The van der Waals surface area contributed by atoms with Gasteiger partial charge in [-0.05, 0) is 30.3 Å². The molecule has 0 aliphatic heterocycles. The summed E-state index contributed by atoms with van der Waals surface area (Å²) in [6.07, 6.45) is 3.48. The van der Waals surface area contributed by atoms with E-state index in [1.165, 1.54) is 0 Å². The molecule has 3 heterocycles. The molecule has 0 N–H and O–H groups in total. The second-order valence-corrected chi connectivity index (χ2v) is 5.58. The maximum absolute atomic E-state index is 5.34. The van der Waals surface area contributed by atoms with Gasteiger partial charge < -0.3 is 4.74 Å². The molecule has 0 saturated carbocycles. The number of methoxy groups -OCH3 is 1. The SMILES string of the molecule is COc1cnc2c(c1)c1nc3ccccc3nc1c1cccnc12. The van der Waals surface area contributed by atoms with Crippen LogP contribution in [0.5, 0.6) is 5.75 Å². The van der Waals surface area contributed by atoms with E-state index < -0.39 is 0 Å². The Morgan fingerprint density at radius 1 is 0.750 bits per heavy atom. The second kappa shape index (κ2) is 4.83. The number of pyridine rings is 2. The average Bonchev–Trinajstić information content (AvgIpc) is 2.66. The highest BCUT2D eigenvalue weighted by Crippen LogP contribution is 2.33. The molecule has 5 aromatic rings. The Kier molecular flexibility index (Phi) is 2.64. The fourth-order valence-corrected chi connectivity index (χ4v) is 3.09. The normalized spacial score (nSPS) is 11.5. The van der Waals surface area contributed by atoms with Crippen molar-refractivity contribution in [1.29, 1.82) is 0 Å². The molecule has 0 aliphatic carbocycles. The summed E-state index contributed by atoms with van der Waals surface area (Å²) in [5, 5.41) is 1.85. The van der Waals surface area contributed by atoms with Gasteiger partial charge in [0, 0.05) is 17.0 Å². The van der Waals surface area contributed by atoms with Crippen LogP contribution in [0.25, 0.3) is 43.9 Å². The lowest BCUT2D eigenvalue weighted by molar-refractivity contribution is 0.414. The first-order valence-corrected chi connectivity index (χ1v) is 7.62. The van der Waals surface area contributed by atoms with E-state index in [0.29, 0.717) is 5.75 Å². The van der Waals surface area contributed by atoms with E-state index in [1.54, 1.807) is 19.5 Å². The van der Waals surface area contributed by atoms with Crippen LogP contribution >= 0.6 is 0 Å². The molecule has 0 fully saturated rings. The predicted octanol–water partition coefficient (Wildman–Crippen LogP) is 3.89. The fraction of sp³-hybridized carbons (Fsp3) is 0.0526. The van der Waals surface area contributed by atoms with Gasteiger partial charge in [0.25, 0.3) is 0 Å². The maximum Gasteiger partial charge on any atom is 0.137 e. The summed E-state index contributed by atoms with van der Waals surface area (Å²) < 4.78 is 5.34. The van der Waals surface area contributed by atoms with E-state index in [0.717, 1.165) is 43.9 Å². The summed E-state index contributed by atoms with van der Waals surface area (Å²) in [6, 6.07) is 13.7. The largest absolute Gasteiger partial charge is 0.495 e. The predicted molar refractivity (Wildman–Crippen MR) is 94.2 cm³/mol. The van der Waals surface area contributed by atoms with Crippen molar-refractivity contribution in [2.45, 2.75) is 0 Å². The summed E-state index contributed by atoms with van der Waals surface area (Å²) in [6.45, 7) is 0. The van der Waals surface area contributed by atoms with Gasteiger partial charge in [-0.1, -0.05) is 12.1 Å². The molecule has 5 heteroatoms. The Labute approximate surface area is 137 Å². The molecular weight excluding hydrogens is 300 g/mol. The number of nitrogens with zero attached hydrogens (tertiary/aromatic N) is 4. The van der Waals surface area contributed by atoms with Crippen LogP contribution in [0.1, 0.15) is 0 Å². The summed E-state index contributed by atoms with van der Waals surface area (Å²) in [7, 11) is 1.63. The zero-order valence-corrected chi connectivity index (χ0v) is 12.9. The van der Waals surface area contributed by atoms with Crippen LogP contribution in [0.15, 0.2) is 54.9 Å². The summed E-state index contributed by atoms with van der Waals surface area (Å²) in [4.78, 5) is 18.8. The lowest BCUT2D eigenvalue weighted by atomic mass is 10.1. The van der Waals surface area contributed by atoms with Gasteiger partial charge >= 0.3 is 0 Å². The highest BCUT2D eigenvalue weighted by Gasteiger charge is 2.14. The van der Waals surface area contributed by atoms with Gasteiger partial charge in [-0.25, -0.2) is 9.97 Å². The number of rotatable bonds is 1. The Hall–Kier alpha value is -3.34. The van der Waals surface area contributed by atoms with Crippen LogP contribution in [0.4, 0.5) is 0 Å². The Morgan fingerprint density at radius 2 is 1.46 bits per heavy atom. The standard InChI is InChI=1S/C19H12N4O/c1-24-11-9-13-17(21-10-11)16-12(5-4-8-20-16)18-19(13)23-15-7-3-2-6-14(15)22-18/h2-10H,1H3. The fourth-order valence-electron chi connectivity index (χ4n) is 3.09. The van der Waals surface area contributed by atoms with Gasteiger partial charge in [-0.2, -0.15) is 0 Å². The summed E-state index contributed by atoms with van der Waals surface area (Å²) in [5.74, 6) is 0.689. The Bertz CT molecular complexity index is 1250. The molecule has 0 saturated heterocycles. The molecule has 0 bridgehead atoms. The third-order valence-corrected chi connectivity index (χ3v) is 4.21. The van der Waals surface area contributed by atoms with Gasteiger partial charge in [0.15, 0.2) is 0 Å². The first-order valence-electron chi connectivity index (χ1n) is 7.62. The van der Waals surface area contributed by atoms with E-state index in [9.17, 15) is 0 Å². The number of aromatic nitrogens is 4. The van der Waals surface area contributed by atoms with Crippen molar-refractivity contribution < 1.29 is 4.74 Å². The van der Waals surface area contributed by atoms with Crippen molar-refractivity contribution in [2.75, 3.05) is 7.11 Å². The molecular formula is C19H12N4O. The molecule has 0 radical (unpaired) electrons. The number of hydrogen-bond donors (Lipinski definition) is 0. The highest BCUT2D eigenvalue weighted by atomic mass is 16.5. The molecule has 5 rings (SSSR count). The van der Waals surface area contributed by atoms with Gasteiger partial charge in [-0.15, -0.1) is 0 Å². The average molecular weight is 312 g/mol. The number of ether oxygens (including phenoxy) is 1. The second-order valence-electron chi connectivity index (χ2n) is 5.58. The molecule has 114 valence electrons. The molecule has 0 unspecified atom stereocenters. The van der Waals surface area contributed by atoms with Gasteiger partial charge in [-0.3, -0.25) is 9.97 Å². The molecule has 0 aliphatic rings. The molecule has 3 aromatic heterocycles. The minimum absolute atomic E-state index is 0.689. The van der Waals surface area contributed by atoms with Crippen LogP contribution in [0.3, 0.4) is 0 Å².